The Kier molecular flexibility index (Phi) is 4.96. The molecule has 0 aliphatic heterocycles. The van der Waals surface area contributed by atoms with E-state index < -0.39 is 0 Å². The minimum Gasteiger partial charge on any atom is -0.479 e. The zero-order valence-electron chi connectivity index (χ0n) is 13.2. The maximum absolute atomic E-state index is 10.1. The Morgan fingerprint density at radius 1 is 1.12 bits per heavy atom. The molecule has 3 rings (SSSR count). The van der Waals surface area contributed by atoms with Gasteiger partial charge in [-0.25, -0.2) is 4.98 Å². The van der Waals surface area contributed by atoms with Crippen LogP contribution in [-0.4, -0.2) is 15.8 Å². The monoisotopic (exact) mass is 340 g/mol. The van der Waals surface area contributed by atoms with E-state index in [-0.39, 0.29) is 5.95 Å². The van der Waals surface area contributed by atoms with Crippen molar-refractivity contribution in [3.63, 3.8) is 0 Å². The van der Waals surface area contributed by atoms with Crippen molar-refractivity contribution in [1.82, 2.24) is 4.98 Å². The third-order valence-corrected chi connectivity index (χ3v) is 4.01. The van der Waals surface area contributed by atoms with E-state index in [0.29, 0.717) is 35.3 Å². The fourth-order valence-corrected chi connectivity index (χ4v) is 2.56. The number of hydrogen-bond acceptors (Lipinski definition) is 4. The summed E-state index contributed by atoms with van der Waals surface area (Å²) < 4.78 is 5.40. The van der Waals surface area contributed by atoms with Gasteiger partial charge in [-0.3, -0.25) is 4.99 Å². The van der Waals surface area contributed by atoms with Crippen LogP contribution in [0.15, 0.2) is 64.0 Å². The lowest BCUT2D eigenvalue weighted by molar-refractivity contribution is 0.336. The van der Waals surface area contributed by atoms with Crippen LogP contribution < -0.4 is 0 Å². The summed E-state index contributed by atoms with van der Waals surface area (Å²) in [5.41, 5.74) is 2.79. The molecule has 4 nitrogen and oxygen atoms in total. The minimum atomic E-state index is -0.214. The number of aliphatic imine (C=N–C) groups is 1. The highest BCUT2D eigenvalue weighted by atomic mass is 35.5. The number of hydrogen-bond donors (Lipinski definition) is 1. The fourth-order valence-electron chi connectivity index (χ4n) is 2.37. The van der Waals surface area contributed by atoms with Crippen molar-refractivity contribution in [2.75, 3.05) is 0 Å². The lowest BCUT2D eigenvalue weighted by Gasteiger charge is -2.03. The van der Waals surface area contributed by atoms with Crippen LogP contribution in [0.5, 0.6) is 5.95 Å². The van der Waals surface area contributed by atoms with Gasteiger partial charge in [0.05, 0.1) is 12.3 Å². The Labute approximate surface area is 145 Å². The van der Waals surface area contributed by atoms with E-state index in [0.717, 1.165) is 11.1 Å². The van der Waals surface area contributed by atoms with Gasteiger partial charge < -0.3 is 9.52 Å². The molecule has 0 fully saturated rings. The van der Waals surface area contributed by atoms with Crippen molar-refractivity contribution in [1.29, 1.82) is 0 Å². The van der Waals surface area contributed by atoms with E-state index in [4.69, 9.17) is 16.0 Å². The molecule has 0 radical (unpaired) electrons. The zero-order chi connectivity index (χ0) is 16.9. The van der Waals surface area contributed by atoms with Gasteiger partial charge in [-0.15, -0.1) is 0 Å². The highest BCUT2D eigenvalue weighted by Gasteiger charge is 2.17. The fraction of sp³-hybridized carbons (Fsp3) is 0.158. The molecule has 0 aliphatic carbocycles. The van der Waals surface area contributed by atoms with E-state index in [2.05, 4.69) is 9.98 Å². The smallest absolute Gasteiger partial charge is 0.312 e. The number of benzene rings is 2. The third kappa shape index (κ3) is 3.49. The topological polar surface area (TPSA) is 58.6 Å². The number of nitrogens with zero attached hydrogens (tertiary/aromatic N) is 2. The molecule has 0 amide bonds. The molecule has 2 aromatic carbocycles. The maximum atomic E-state index is 10.1. The number of halogens is 1. The molecule has 0 spiro atoms. The largest absolute Gasteiger partial charge is 0.479 e. The van der Waals surface area contributed by atoms with E-state index in [1.807, 2.05) is 61.5 Å². The van der Waals surface area contributed by atoms with Gasteiger partial charge in [-0.05, 0) is 30.2 Å². The second-order valence-corrected chi connectivity index (χ2v) is 5.65. The summed E-state index contributed by atoms with van der Waals surface area (Å²) in [4.78, 5) is 8.97. The molecule has 0 aliphatic rings. The molecular formula is C19H17ClN2O2. The first kappa shape index (κ1) is 16.3. The maximum Gasteiger partial charge on any atom is 0.312 e. The number of oxazole rings is 1. The Morgan fingerprint density at radius 3 is 2.54 bits per heavy atom. The summed E-state index contributed by atoms with van der Waals surface area (Å²) in [6.45, 7) is 2.39. The molecule has 3 aromatic rings. The first-order valence-electron chi connectivity index (χ1n) is 7.71. The van der Waals surface area contributed by atoms with Gasteiger partial charge in [0, 0.05) is 10.6 Å². The van der Waals surface area contributed by atoms with Crippen LogP contribution in [0.4, 0.5) is 0 Å². The third-order valence-electron chi connectivity index (χ3n) is 3.64. The molecule has 0 atom stereocenters. The molecule has 1 aromatic heterocycles. The van der Waals surface area contributed by atoms with Gasteiger partial charge in [-0.1, -0.05) is 54.9 Å². The molecule has 0 saturated heterocycles. The quantitative estimate of drug-likeness (QED) is 0.657. The van der Waals surface area contributed by atoms with Crippen molar-refractivity contribution in [2.45, 2.75) is 19.9 Å². The average molecular weight is 341 g/mol. The van der Waals surface area contributed by atoms with Gasteiger partial charge in [0.2, 0.25) is 5.89 Å². The van der Waals surface area contributed by atoms with Gasteiger partial charge in [0.15, 0.2) is 5.69 Å². The van der Waals surface area contributed by atoms with E-state index in [1.165, 1.54) is 0 Å². The highest BCUT2D eigenvalue weighted by Crippen LogP contribution is 2.27. The first-order chi connectivity index (χ1) is 11.7. The van der Waals surface area contributed by atoms with Crippen LogP contribution >= 0.6 is 11.6 Å². The van der Waals surface area contributed by atoms with Gasteiger partial charge >= 0.3 is 5.95 Å². The summed E-state index contributed by atoms with van der Waals surface area (Å²) in [5, 5.41) is 10.8. The average Bonchev–Trinajstić information content (AvgIpc) is 3.00. The molecule has 1 heterocycles. The van der Waals surface area contributed by atoms with Crippen molar-refractivity contribution in [3.05, 3.63) is 70.9 Å². The highest BCUT2D eigenvalue weighted by molar-refractivity contribution is 6.31. The molecule has 122 valence electrons. The summed E-state index contributed by atoms with van der Waals surface area (Å²) in [7, 11) is 0. The lowest BCUT2D eigenvalue weighted by Crippen LogP contribution is -2.01. The van der Waals surface area contributed by atoms with Crippen molar-refractivity contribution < 1.29 is 9.52 Å². The molecule has 0 unspecified atom stereocenters. The zero-order valence-corrected chi connectivity index (χ0v) is 14.0. The number of aromatic hydroxyl groups is 1. The van der Waals surface area contributed by atoms with Crippen molar-refractivity contribution >= 4 is 17.3 Å². The van der Waals surface area contributed by atoms with Gasteiger partial charge in [-0.2, -0.15) is 0 Å². The van der Waals surface area contributed by atoms with E-state index in [1.54, 1.807) is 0 Å². The van der Waals surface area contributed by atoms with Crippen LogP contribution in [0.1, 0.15) is 24.6 Å². The molecule has 24 heavy (non-hydrogen) atoms. The lowest BCUT2D eigenvalue weighted by atomic mass is 10.2. The Bertz CT molecular complexity index is 857. The Morgan fingerprint density at radius 2 is 1.83 bits per heavy atom. The van der Waals surface area contributed by atoms with Gasteiger partial charge in [0.25, 0.3) is 0 Å². The molecule has 0 bridgehead atoms. The van der Waals surface area contributed by atoms with E-state index in [9.17, 15) is 5.11 Å². The van der Waals surface area contributed by atoms with Crippen LogP contribution in [0.2, 0.25) is 5.02 Å². The molecular weight excluding hydrogens is 324 g/mol. The van der Waals surface area contributed by atoms with Crippen LogP contribution in [0.25, 0.3) is 11.5 Å². The summed E-state index contributed by atoms with van der Waals surface area (Å²) in [6, 6.07) is 17.0. The SMILES string of the molecule is CCC(=NCc1ccccc1Cl)c1nc(-c2ccccc2)oc1O. The summed E-state index contributed by atoms with van der Waals surface area (Å²) in [6.07, 6.45) is 0.624. The van der Waals surface area contributed by atoms with Gasteiger partial charge in [0.1, 0.15) is 0 Å². The normalized spacial score (nSPS) is 11.7. The molecule has 5 heteroatoms. The summed E-state index contributed by atoms with van der Waals surface area (Å²) in [5.74, 6) is 0.163. The Balaban J connectivity index is 1.90. The standard InChI is InChI=1S/C19H17ClN2O2/c1-2-16(21-12-14-10-6-7-11-15(14)20)17-19(23)24-18(22-17)13-8-4-3-5-9-13/h3-11,23H,2,12H2,1H3. The van der Waals surface area contributed by atoms with Crippen LogP contribution in [0.3, 0.4) is 0 Å². The van der Waals surface area contributed by atoms with Crippen molar-refractivity contribution in [3.8, 4) is 17.4 Å². The minimum absolute atomic E-state index is 0.214. The van der Waals surface area contributed by atoms with Crippen LogP contribution in [0, 0.1) is 0 Å². The second kappa shape index (κ2) is 7.32. The van der Waals surface area contributed by atoms with E-state index >= 15 is 0 Å². The Hall–Kier alpha value is -2.59. The first-order valence-corrected chi connectivity index (χ1v) is 8.09. The molecule has 1 N–H and O–H groups in total. The second-order valence-electron chi connectivity index (χ2n) is 5.25. The number of aromatic nitrogens is 1. The van der Waals surface area contributed by atoms with Crippen LogP contribution in [-0.2, 0) is 6.54 Å². The number of rotatable bonds is 5. The predicted octanol–water partition coefficient (Wildman–Crippen LogP) is 5.10. The van der Waals surface area contributed by atoms with Crippen molar-refractivity contribution in [2.24, 2.45) is 4.99 Å². The predicted molar refractivity (Wildman–Crippen MR) is 95.6 cm³/mol. The summed E-state index contributed by atoms with van der Waals surface area (Å²) >= 11 is 6.16. The molecule has 0 saturated carbocycles.